The normalized spacial score (nSPS) is 11.5. The van der Waals surface area contributed by atoms with Gasteiger partial charge in [-0.2, -0.15) is 0 Å². The molecule has 0 heterocycles. The molecule has 2 aromatic carbocycles. The second-order valence-corrected chi connectivity index (χ2v) is 5.69. The second kappa shape index (κ2) is 7.90. The molecule has 0 aliphatic rings. The molecule has 6 nitrogen and oxygen atoms in total. The maximum Gasteiger partial charge on any atom is 0.279 e. The molecule has 0 saturated carbocycles. The third-order valence-corrected chi connectivity index (χ3v) is 3.49. The smallest absolute Gasteiger partial charge is 0.279 e. The van der Waals surface area contributed by atoms with Crippen molar-refractivity contribution in [3.63, 3.8) is 0 Å². The van der Waals surface area contributed by atoms with Crippen molar-refractivity contribution in [2.24, 2.45) is 0 Å². The third kappa shape index (κ3) is 4.78. The molecule has 1 atom stereocenters. The van der Waals surface area contributed by atoms with Crippen LogP contribution in [0.1, 0.15) is 17.3 Å². The van der Waals surface area contributed by atoms with Crippen LogP contribution in [-0.2, 0) is 4.79 Å². The molecule has 0 aromatic heterocycles. The highest BCUT2D eigenvalue weighted by Gasteiger charge is 2.17. The van der Waals surface area contributed by atoms with Crippen LogP contribution in [0.4, 0.5) is 0 Å². The van der Waals surface area contributed by atoms with E-state index in [1.807, 2.05) is 0 Å². The van der Waals surface area contributed by atoms with Gasteiger partial charge in [-0.25, -0.2) is 0 Å². The number of nitrogens with one attached hydrogen (secondary N) is 2. The predicted octanol–water partition coefficient (Wildman–Crippen LogP) is 2.93. The molecule has 0 fully saturated rings. The summed E-state index contributed by atoms with van der Waals surface area (Å²) >= 11 is 11.5. The monoisotopic (exact) mass is 368 g/mol. The first-order valence-corrected chi connectivity index (χ1v) is 7.63. The number of phenols is 1. The van der Waals surface area contributed by atoms with E-state index in [1.54, 1.807) is 24.3 Å². The van der Waals surface area contributed by atoms with Crippen LogP contribution < -0.4 is 15.6 Å². The standard InChI is InChI=1S/C16H14Cl2N2O4/c1-9(24-12-5-2-10(17)3-6-12)15(22)19-20-16(23)13-8-11(18)4-7-14(13)21/h2-9,21H,1H3,(H,19,22)(H,20,23). The topological polar surface area (TPSA) is 87.7 Å². The van der Waals surface area contributed by atoms with Gasteiger partial charge < -0.3 is 9.84 Å². The number of carbonyl (C=O) groups excluding carboxylic acids is 2. The first-order valence-electron chi connectivity index (χ1n) is 6.88. The van der Waals surface area contributed by atoms with Crippen LogP contribution in [0.5, 0.6) is 11.5 Å². The molecule has 3 N–H and O–H groups in total. The molecule has 0 saturated heterocycles. The predicted molar refractivity (Wildman–Crippen MR) is 90.3 cm³/mol. The minimum Gasteiger partial charge on any atom is -0.507 e. The number of halogens is 2. The van der Waals surface area contributed by atoms with Crippen LogP contribution in [-0.4, -0.2) is 23.0 Å². The average Bonchev–Trinajstić information content (AvgIpc) is 2.56. The fourth-order valence-corrected chi connectivity index (χ4v) is 2.05. The van der Waals surface area contributed by atoms with E-state index in [1.165, 1.54) is 25.1 Å². The van der Waals surface area contributed by atoms with E-state index < -0.39 is 17.9 Å². The molecule has 8 heteroatoms. The molecule has 0 aliphatic heterocycles. The lowest BCUT2D eigenvalue weighted by Crippen LogP contribution is -2.47. The van der Waals surface area contributed by atoms with Gasteiger partial charge in [0.15, 0.2) is 6.10 Å². The Kier molecular flexibility index (Phi) is 5.89. The summed E-state index contributed by atoms with van der Waals surface area (Å²) in [6.07, 6.45) is -0.862. The number of carbonyl (C=O) groups is 2. The Hall–Kier alpha value is -2.44. The van der Waals surface area contributed by atoms with Gasteiger partial charge in [-0.05, 0) is 49.4 Å². The Bertz CT molecular complexity index is 750. The van der Waals surface area contributed by atoms with E-state index in [0.717, 1.165) is 0 Å². The minimum absolute atomic E-state index is 0.0610. The summed E-state index contributed by atoms with van der Waals surface area (Å²) < 4.78 is 5.42. The highest BCUT2D eigenvalue weighted by atomic mass is 35.5. The van der Waals surface area contributed by atoms with Gasteiger partial charge in [-0.15, -0.1) is 0 Å². The number of hydrogen-bond donors (Lipinski definition) is 3. The van der Waals surface area contributed by atoms with Crippen molar-refractivity contribution < 1.29 is 19.4 Å². The average molecular weight is 369 g/mol. The Balaban J connectivity index is 1.91. The fraction of sp³-hybridized carbons (Fsp3) is 0.125. The molecule has 0 aliphatic carbocycles. The molecule has 2 rings (SSSR count). The first kappa shape index (κ1) is 17.9. The molecule has 0 radical (unpaired) electrons. The second-order valence-electron chi connectivity index (χ2n) is 4.82. The molecule has 2 amide bonds. The van der Waals surface area contributed by atoms with Crippen LogP contribution >= 0.6 is 23.2 Å². The van der Waals surface area contributed by atoms with E-state index in [9.17, 15) is 14.7 Å². The number of hydrazine groups is 1. The summed E-state index contributed by atoms with van der Waals surface area (Å²) in [6.45, 7) is 1.52. The zero-order chi connectivity index (χ0) is 17.7. The number of aromatic hydroxyl groups is 1. The van der Waals surface area contributed by atoms with E-state index in [4.69, 9.17) is 27.9 Å². The molecule has 0 spiro atoms. The summed E-state index contributed by atoms with van der Waals surface area (Å²) in [5.41, 5.74) is 4.34. The van der Waals surface area contributed by atoms with Crippen LogP contribution in [0.3, 0.4) is 0 Å². The zero-order valence-corrected chi connectivity index (χ0v) is 14.1. The molecular weight excluding hydrogens is 355 g/mol. The van der Waals surface area contributed by atoms with Crippen molar-refractivity contribution in [2.45, 2.75) is 13.0 Å². The quantitative estimate of drug-likeness (QED) is 0.724. The number of amides is 2. The molecule has 126 valence electrons. The SMILES string of the molecule is CC(Oc1ccc(Cl)cc1)C(=O)NNC(=O)c1cc(Cl)ccc1O. The van der Waals surface area contributed by atoms with Crippen LogP contribution in [0.25, 0.3) is 0 Å². The zero-order valence-electron chi connectivity index (χ0n) is 12.5. The molecule has 2 aromatic rings. The number of phenolic OH excluding ortho intramolecular Hbond substituents is 1. The van der Waals surface area contributed by atoms with Crippen LogP contribution in [0.15, 0.2) is 42.5 Å². The van der Waals surface area contributed by atoms with Gasteiger partial charge >= 0.3 is 0 Å². The maximum atomic E-state index is 11.9. The van der Waals surface area contributed by atoms with Crippen LogP contribution in [0.2, 0.25) is 10.0 Å². The molecule has 1 unspecified atom stereocenters. The lowest BCUT2D eigenvalue weighted by Gasteiger charge is -2.15. The van der Waals surface area contributed by atoms with E-state index in [-0.39, 0.29) is 16.3 Å². The Labute approximate surface area is 148 Å². The number of rotatable bonds is 4. The van der Waals surface area contributed by atoms with E-state index in [0.29, 0.717) is 10.8 Å². The van der Waals surface area contributed by atoms with Crippen molar-refractivity contribution >= 4 is 35.0 Å². The summed E-state index contributed by atoms with van der Waals surface area (Å²) in [5, 5.41) is 10.5. The summed E-state index contributed by atoms with van der Waals surface area (Å²) in [5.74, 6) is -1.07. The van der Waals surface area contributed by atoms with Crippen LogP contribution in [0, 0.1) is 0 Å². The highest BCUT2D eigenvalue weighted by Crippen LogP contribution is 2.21. The van der Waals surface area contributed by atoms with Gasteiger partial charge in [0.05, 0.1) is 5.56 Å². The van der Waals surface area contributed by atoms with Gasteiger partial charge in [0.25, 0.3) is 11.8 Å². The molecular formula is C16H14Cl2N2O4. The first-order chi connectivity index (χ1) is 11.4. The van der Waals surface area contributed by atoms with Gasteiger partial charge in [-0.1, -0.05) is 23.2 Å². The largest absolute Gasteiger partial charge is 0.507 e. The Morgan fingerprint density at radius 3 is 2.33 bits per heavy atom. The lowest BCUT2D eigenvalue weighted by molar-refractivity contribution is -0.128. The van der Waals surface area contributed by atoms with Crippen molar-refractivity contribution in [3.8, 4) is 11.5 Å². The van der Waals surface area contributed by atoms with Gasteiger partial charge in [-0.3, -0.25) is 20.4 Å². The maximum absolute atomic E-state index is 11.9. The summed E-state index contributed by atoms with van der Waals surface area (Å²) in [7, 11) is 0. The van der Waals surface area contributed by atoms with E-state index >= 15 is 0 Å². The summed E-state index contributed by atoms with van der Waals surface area (Å²) in [4.78, 5) is 23.9. The van der Waals surface area contributed by atoms with Crippen molar-refractivity contribution in [1.82, 2.24) is 10.9 Å². The number of benzene rings is 2. The number of hydrogen-bond acceptors (Lipinski definition) is 4. The van der Waals surface area contributed by atoms with E-state index in [2.05, 4.69) is 10.9 Å². The number of ether oxygens (including phenoxy) is 1. The minimum atomic E-state index is -0.862. The molecule has 24 heavy (non-hydrogen) atoms. The lowest BCUT2D eigenvalue weighted by atomic mass is 10.2. The fourth-order valence-electron chi connectivity index (χ4n) is 1.75. The van der Waals surface area contributed by atoms with Gasteiger partial charge in [0.1, 0.15) is 11.5 Å². The van der Waals surface area contributed by atoms with Crippen molar-refractivity contribution in [3.05, 3.63) is 58.1 Å². The van der Waals surface area contributed by atoms with Crippen molar-refractivity contribution in [2.75, 3.05) is 0 Å². The summed E-state index contributed by atoms with van der Waals surface area (Å²) in [6, 6.07) is 10.5. The van der Waals surface area contributed by atoms with Gasteiger partial charge in [0, 0.05) is 10.0 Å². The van der Waals surface area contributed by atoms with Gasteiger partial charge in [0.2, 0.25) is 0 Å². The molecule has 0 bridgehead atoms. The Morgan fingerprint density at radius 1 is 1.04 bits per heavy atom. The Morgan fingerprint density at radius 2 is 1.67 bits per heavy atom. The van der Waals surface area contributed by atoms with Crippen molar-refractivity contribution in [1.29, 1.82) is 0 Å². The highest BCUT2D eigenvalue weighted by molar-refractivity contribution is 6.31. The third-order valence-electron chi connectivity index (χ3n) is 3.00.